The van der Waals surface area contributed by atoms with Crippen LogP contribution in [0.2, 0.25) is 0 Å². The SMILES string of the molecule is CN=C(NCCOCc1ccccc1)NCCN1CCN(C(=O)C2CCC2)CC1.I. The largest absolute Gasteiger partial charge is 0.375 e. The molecule has 1 saturated carbocycles. The molecule has 7 nitrogen and oxygen atoms in total. The summed E-state index contributed by atoms with van der Waals surface area (Å²) in [4.78, 5) is 21.1. The molecule has 1 amide bonds. The Labute approximate surface area is 197 Å². The van der Waals surface area contributed by atoms with Crippen LogP contribution in [0.1, 0.15) is 24.8 Å². The van der Waals surface area contributed by atoms with Crippen LogP contribution in [0.5, 0.6) is 0 Å². The number of hydrogen-bond acceptors (Lipinski definition) is 4. The van der Waals surface area contributed by atoms with Crippen LogP contribution in [0.3, 0.4) is 0 Å². The number of hydrogen-bond donors (Lipinski definition) is 2. The number of aliphatic imine (C=N–C) groups is 1. The molecule has 1 aliphatic heterocycles. The van der Waals surface area contributed by atoms with Crippen LogP contribution < -0.4 is 10.6 Å². The third-order valence-corrected chi connectivity index (χ3v) is 5.73. The van der Waals surface area contributed by atoms with E-state index in [-0.39, 0.29) is 24.0 Å². The molecular weight excluding hydrogens is 493 g/mol. The smallest absolute Gasteiger partial charge is 0.225 e. The lowest BCUT2D eigenvalue weighted by atomic mass is 9.84. The highest BCUT2D eigenvalue weighted by molar-refractivity contribution is 14.0. The molecule has 30 heavy (non-hydrogen) atoms. The van der Waals surface area contributed by atoms with E-state index < -0.39 is 0 Å². The Morgan fingerprint density at radius 1 is 1.10 bits per heavy atom. The van der Waals surface area contributed by atoms with Gasteiger partial charge < -0.3 is 20.3 Å². The summed E-state index contributed by atoms with van der Waals surface area (Å²) in [5.41, 5.74) is 1.18. The summed E-state index contributed by atoms with van der Waals surface area (Å²) in [5, 5.41) is 6.64. The number of rotatable bonds is 9. The summed E-state index contributed by atoms with van der Waals surface area (Å²) in [6.45, 7) is 7.41. The van der Waals surface area contributed by atoms with Gasteiger partial charge in [0.05, 0.1) is 13.2 Å². The third kappa shape index (κ3) is 8.03. The first-order valence-corrected chi connectivity index (χ1v) is 10.8. The van der Waals surface area contributed by atoms with Crippen LogP contribution in [0, 0.1) is 5.92 Å². The molecule has 0 unspecified atom stereocenters. The quantitative estimate of drug-likeness (QED) is 0.222. The van der Waals surface area contributed by atoms with E-state index in [0.29, 0.717) is 31.6 Å². The maximum atomic E-state index is 12.3. The Bertz CT molecular complexity index is 646. The zero-order valence-corrected chi connectivity index (χ0v) is 20.3. The first-order valence-electron chi connectivity index (χ1n) is 10.8. The summed E-state index contributed by atoms with van der Waals surface area (Å²) < 4.78 is 5.69. The highest BCUT2D eigenvalue weighted by atomic mass is 127. The molecule has 168 valence electrons. The normalized spacial score (nSPS) is 17.8. The van der Waals surface area contributed by atoms with E-state index >= 15 is 0 Å². The van der Waals surface area contributed by atoms with Crippen LogP contribution in [0.15, 0.2) is 35.3 Å². The molecule has 2 aliphatic rings. The molecule has 1 aromatic carbocycles. The highest BCUT2D eigenvalue weighted by Gasteiger charge is 2.30. The summed E-state index contributed by atoms with van der Waals surface area (Å²) in [6, 6.07) is 10.2. The number of nitrogens with one attached hydrogen (secondary N) is 2. The lowest BCUT2D eigenvalue weighted by Crippen LogP contribution is -2.52. The van der Waals surface area contributed by atoms with Gasteiger partial charge in [-0.2, -0.15) is 0 Å². The molecule has 1 aliphatic carbocycles. The predicted molar refractivity (Wildman–Crippen MR) is 131 cm³/mol. The summed E-state index contributed by atoms with van der Waals surface area (Å²) >= 11 is 0. The molecule has 1 saturated heterocycles. The van der Waals surface area contributed by atoms with Gasteiger partial charge in [0, 0.05) is 58.8 Å². The third-order valence-electron chi connectivity index (χ3n) is 5.73. The maximum absolute atomic E-state index is 12.3. The second-order valence-corrected chi connectivity index (χ2v) is 7.76. The molecule has 0 atom stereocenters. The van der Waals surface area contributed by atoms with Gasteiger partial charge in [-0.3, -0.25) is 14.7 Å². The van der Waals surface area contributed by atoms with E-state index in [1.165, 1.54) is 12.0 Å². The Kier molecular flexibility index (Phi) is 11.5. The number of piperazine rings is 1. The standard InChI is InChI=1S/C22H35N5O2.HI/c1-23-22(25-11-17-29-18-19-6-3-2-4-7-19)24-10-12-26-13-15-27(16-14-26)21(28)20-8-5-9-20;/h2-4,6-7,20H,5,8-18H2,1H3,(H2,23,24,25);1H. The Hall–Kier alpha value is -1.39. The van der Waals surface area contributed by atoms with E-state index in [9.17, 15) is 4.79 Å². The molecular formula is C22H36IN5O2. The molecule has 2 fully saturated rings. The maximum Gasteiger partial charge on any atom is 0.225 e. The van der Waals surface area contributed by atoms with Crippen molar-refractivity contribution in [3.63, 3.8) is 0 Å². The number of carbonyl (C=O) groups excluding carboxylic acids is 1. The number of guanidine groups is 1. The molecule has 1 heterocycles. The molecule has 8 heteroatoms. The van der Waals surface area contributed by atoms with Crippen molar-refractivity contribution in [1.82, 2.24) is 20.4 Å². The molecule has 2 N–H and O–H groups in total. The molecule has 0 bridgehead atoms. The van der Waals surface area contributed by atoms with E-state index in [1.807, 2.05) is 18.2 Å². The van der Waals surface area contributed by atoms with Crippen molar-refractivity contribution in [2.45, 2.75) is 25.9 Å². The monoisotopic (exact) mass is 529 g/mol. The van der Waals surface area contributed by atoms with E-state index in [4.69, 9.17) is 4.74 Å². The van der Waals surface area contributed by atoms with Gasteiger partial charge in [-0.1, -0.05) is 36.8 Å². The van der Waals surface area contributed by atoms with Gasteiger partial charge in [-0.05, 0) is 18.4 Å². The fourth-order valence-corrected chi connectivity index (χ4v) is 3.66. The number of ether oxygens (including phenoxy) is 1. The second-order valence-electron chi connectivity index (χ2n) is 7.76. The Balaban J connectivity index is 0.00000320. The van der Waals surface area contributed by atoms with E-state index in [2.05, 4.69) is 37.6 Å². The van der Waals surface area contributed by atoms with E-state index in [0.717, 1.165) is 58.1 Å². The molecule has 0 radical (unpaired) electrons. The summed E-state index contributed by atoms with van der Waals surface area (Å²) in [5.74, 6) is 1.49. The highest BCUT2D eigenvalue weighted by Crippen LogP contribution is 2.28. The van der Waals surface area contributed by atoms with Crippen molar-refractivity contribution in [1.29, 1.82) is 0 Å². The Morgan fingerprint density at radius 2 is 1.80 bits per heavy atom. The zero-order valence-electron chi connectivity index (χ0n) is 18.0. The summed E-state index contributed by atoms with van der Waals surface area (Å²) in [6.07, 6.45) is 3.40. The fourth-order valence-electron chi connectivity index (χ4n) is 3.66. The average Bonchev–Trinajstić information content (AvgIpc) is 2.72. The molecule has 3 rings (SSSR count). The first-order chi connectivity index (χ1) is 14.3. The number of halogens is 1. The van der Waals surface area contributed by atoms with Gasteiger partial charge >= 0.3 is 0 Å². The van der Waals surface area contributed by atoms with Gasteiger partial charge in [0.15, 0.2) is 5.96 Å². The zero-order chi connectivity index (χ0) is 20.3. The van der Waals surface area contributed by atoms with Crippen molar-refractivity contribution in [2.24, 2.45) is 10.9 Å². The predicted octanol–water partition coefficient (Wildman–Crippen LogP) is 1.93. The van der Waals surface area contributed by atoms with Crippen LogP contribution >= 0.6 is 24.0 Å². The van der Waals surface area contributed by atoms with Gasteiger partial charge in [-0.25, -0.2) is 0 Å². The van der Waals surface area contributed by atoms with Crippen molar-refractivity contribution in [2.75, 3.05) is 59.5 Å². The molecule has 0 aromatic heterocycles. The van der Waals surface area contributed by atoms with Crippen LogP contribution in [-0.4, -0.2) is 81.1 Å². The number of benzene rings is 1. The minimum absolute atomic E-state index is 0. The van der Waals surface area contributed by atoms with E-state index in [1.54, 1.807) is 7.05 Å². The average molecular weight is 529 g/mol. The first kappa shape index (κ1) is 24.9. The number of carbonyl (C=O) groups is 1. The number of amides is 1. The topological polar surface area (TPSA) is 69.2 Å². The van der Waals surface area contributed by atoms with Crippen LogP contribution in [-0.2, 0) is 16.1 Å². The lowest BCUT2D eigenvalue weighted by molar-refractivity contribution is -0.139. The van der Waals surface area contributed by atoms with Gasteiger partial charge in [-0.15, -0.1) is 24.0 Å². The number of nitrogens with zero attached hydrogens (tertiary/aromatic N) is 3. The van der Waals surface area contributed by atoms with Crippen molar-refractivity contribution < 1.29 is 9.53 Å². The fraction of sp³-hybridized carbons (Fsp3) is 0.636. The molecule has 0 spiro atoms. The minimum Gasteiger partial charge on any atom is -0.375 e. The minimum atomic E-state index is 0. The van der Waals surface area contributed by atoms with Crippen LogP contribution in [0.4, 0.5) is 0 Å². The Morgan fingerprint density at radius 3 is 2.43 bits per heavy atom. The van der Waals surface area contributed by atoms with Crippen molar-refractivity contribution >= 4 is 35.8 Å². The summed E-state index contributed by atoms with van der Waals surface area (Å²) in [7, 11) is 1.78. The van der Waals surface area contributed by atoms with Crippen molar-refractivity contribution in [3.8, 4) is 0 Å². The molecule has 1 aromatic rings. The van der Waals surface area contributed by atoms with Crippen molar-refractivity contribution in [3.05, 3.63) is 35.9 Å². The van der Waals surface area contributed by atoms with Crippen LogP contribution in [0.25, 0.3) is 0 Å². The lowest BCUT2D eigenvalue weighted by Gasteiger charge is -2.38. The van der Waals surface area contributed by atoms with Gasteiger partial charge in [0.2, 0.25) is 5.91 Å². The second kappa shape index (κ2) is 13.8. The van der Waals surface area contributed by atoms with Gasteiger partial charge in [0.25, 0.3) is 0 Å². The van der Waals surface area contributed by atoms with Gasteiger partial charge in [0.1, 0.15) is 0 Å².